The Kier molecular flexibility index (Phi) is 15.2. The SMILES string of the molecule is C[N+]1=CC=C(OC=O)C2C=Cc3c(OC=O)cc[n+](C)c3C21.C[n+]1ccc(C(=O)O)c2ccc3c(C(=O)O)ccnc3c21.N#C[S-].[N-]=C=S.[Ru+2]. The van der Waals surface area contributed by atoms with Crippen LogP contribution in [-0.4, -0.2) is 63.1 Å². The van der Waals surface area contributed by atoms with Gasteiger partial charge in [-0.1, -0.05) is 29.8 Å². The van der Waals surface area contributed by atoms with Gasteiger partial charge in [-0.25, -0.2) is 24.4 Å². The van der Waals surface area contributed by atoms with Crippen molar-refractivity contribution in [2.45, 2.75) is 6.04 Å². The Hall–Kier alpha value is -5.65. The van der Waals surface area contributed by atoms with Gasteiger partial charge in [0.25, 0.3) is 18.6 Å². The maximum absolute atomic E-state index is 11.3. The predicted octanol–water partition coefficient (Wildman–Crippen LogP) is 2.79. The Bertz CT molecular complexity index is 2140. The first-order valence-electron chi connectivity index (χ1n) is 13.9. The van der Waals surface area contributed by atoms with E-state index in [9.17, 15) is 29.4 Å². The van der Waals surface area contributed by atoms with Crippen molar-refractivity contribution in [2.75, 3.05) is 7.05 Å². The number of hydrogen-bond donors (Lipinski definition) is 2. The van der Waals surface area contributed by atoms with Crippen molar-refractivity contribution in [3.8, 4) is 11.2 Å². The standard InChI is InChI=1S/C16H16N2O4.C15H10N2O4.CHNS.CNS.Ru/c1-17-7-5-13(21-9-19)11-3-4-12-14(22-10-20)6-8-18(2)16(12)15(11)17;1-17-7-5-11(15(20)21)9-3-2-8-10(14(18)19)4-6-16-12(8)13(9)17;2*2-1-3;/h3-11,15H,1-2H3;2-7H,1H3,(H-,18,19,20,21);3H;;/q+2;;;-1;+2. The molecular formula is C33H27N6O8RuS2+3. The minimum Gasteiger partial charge on any atom is -0.753 e. The molecule has 2 atom stereocenters. The van der Waals surface area contributed by atoms with E-state index in [1.54, 1.807) is 42.1 Å². The minimum atomic E-state index is -1.04. The molecule has 3 aromatic heterocycles. The van der Waals surface area contributed by atoms with Crippen molar-refractivity contribution in [3.63, 3.8) is 0 Å². The van der Waals surface area contributed by atoms with Gasteiger partial charge in [0.05, 0.1) is 22.1 Å². The molecule has 0 fully saturated rings. The second kappa shape index (κ2) is 18.8. The van der Waals surface area contributed by atoms with E-state index in [4.69, 9.17) is 20.1 Å². The molecule has 2 N–H and O–H groups in total. The Morgan fingerprint density at radius 2 is 1.58 bits per heavy atom. The van der Waals surface area contributed by atoms with Gasteiger partial charge >= 0.3 is 31.4 Å². The number of pyridine rings is 3. The number of allylic oxidation sites excluding steroid dienone is 1. The molecule has 0 saturated carbocycles. The van der Waals surface area contributed by atoms with Gasteiger partial charge in [0.1, 0.15) is 44.1 Å². The molecule has 0 bridgehead atoms. The molecule has 0 spiro atoms. The number of aromatic nitrogens is 3. The maximum atomic E-state index is 11.3. The average molecular weight is 801 g/mol. The Balaban J connectivity index is 0.000000295. The van der Waals surface area contributed by atoms with Crippen molar-refractivity contribution in [1.82, 2.24) is 4.98 Å². The molecule has 2 unspecified atom stereocenters. The summed E-state index contributed by atoms with van der Waals surface area (Å²) < 4.78 is 16.0. The van der Waals surface area contributed by atoms with Gasteiger partial charge in [-0.3, -0.25) is 9.59 Å². The summed E-state index contributed by atoms with van der Waals surface area (Å²) in [5, 5.41) is 36.4. The third-order valence-corrected chi connectivity index (χ3v) is 7.52. The second-order valence-electron chi connectivity index (χ2n) is 10.1. The normalized spacial score (nSPS) is 14.5. The largest absolute Gasteiger partial charge is 2.00 e. The number of aromatic carboxylic acids is 2. The number of thiocarbonyl (C=S) groups is 1. The number of carbonyl (C=O) groups is 4. The minimum absolute atomic E-state index is 0. The van der Waals surface area contributed by atoms with Gasteiger partial charge in [-0.15, -0.1) is 0 Å². The van der Waals surface area contributed by atoms with Crippen LogP contribution in [0.3, 0.4) is 0 Å². The van der Waals surface area contributed by atoms with E-state index in [0.29, 0.717) is 46.3 Å². The predicted molar refractivity (Wildman–Crippen MR) is 180 cm³/mol. The first kappa shape index (κ1) is 40.5. The molecule has 254 valence electrons. The molecule has 6 rings (SSSR count). The van der Waals surface area contributed by atoms with Crippen LogP contribution in [0.25, 0.3) is 33.3 Å². The van der Waals surface area contributed by atoms with Crippen LogP contribution in [0, 0.1) is 16.6 Å². The fourth-order valence-corrected chi connectivity index (χ4v) is 5.60. The molecular weight excluding hydrogens is 774 g/mol. The molecule has 2 aliphatic rings. The third kappa shape index (κ3) is 8.68. The molecule has 0 amide bonds. The Labute approximate surface area is 308 Å². The third-order valence-electron chi connectivity index (χ3n) is 7.52. The fraction of sp³-hybridized carbons (Fsp3) is 0.152. The first-order valence-corrected chi connectivity index (χ1v) is 14.7. The zero-order valence-corrected chi connectivity index (χ0v) is 29.8. The van der Waals surface area contributed by atoms with Crippen LogP contribution in [0.2, 0.25) is 0 Å². The van der Waals surface area contributed by atoms with Crippen LogP contribution in [0.1, 0.15) is 38.0 Å². The van der Waals surface area contributed by atoms with Crippen LogP contribution in [0.5, 0.6) is 5.75 Å². The van der Waals surface area contributed by atoms with Crippen molar-refractivity contribution in [1.29, 1.82) is 5.26 Å². The molecule has 17 heteroatoms. The number of fused-ring (bicyclic) bond motifs is 6. The number of carbonyl (C=O) groups excluding carboxylic acids is 2. The van der Waals surface area contributed by atoms with E-state index in [2.05, 4.69) is 34.4 Å². The summed E-state index contributed by atoms with van der Waals surface area (Å²) in [4.78, 5) is 48.2. The van der Waals surface area contributed by atoms with Gasteiger partial charge in [0, 0.05) is 29.8 Å². The Morgan fingerprint density at radius 3 is 2.18 bits per heavy atom. The quantitative estimate of drug-likeness (QED) is 0.0424. The van der Waals surface area contributed by atoms with Crippen LogP contribution in [-0.2, 0) is 60.5 Å². The van der Waals surface area contributed by atoms with Crippen molar-refractivity contribution >= 4 is 89.0 Å². The summed E-state index contributed by atoms with van der Waals surface area (Å²) in [5.41, 5.74) is 3.21. The molecule has 0 saturated heterocycles. The molecule has 50 heavy (non-hydrogen) atoms. The van der Waals surface area contributed by atoms with Crippen LogP contribution in [0.4, 0.5) is 0 Å². The molecule has 4 aromatic rings. The van der Waals surface area contributed by atoms with E-state index in [1.165, 1.54) is 28.9 Å². The van der Waals surface area contributed by atoms with Crippen molar-refractivity contribution < 1.29 is 72.1 Å². The number of rotatable bonds is 6. The van der Waals surface area contributed by atoms with Crippen LogP contribution < -0.4 is 13.9 Å². The second-order valence-corrected chi connectivity index (χ2v) is 10.4. The molecule has 14 nitrogen and oxygen atoms in total. The number of aryl methyl sites for hydroxylation is 2. The number of hydrogen-bond acceptors (Lipinski definition) is 10. The number of ether oxygens (including phenoxy) is 2. The monoisotopic (exact) mass is 801 g/mol. The van der Waals surface area contributed by atoms with Gasteiger partial charge in [-0.2, -0.15) is 14.3 Å². The van der Waals surface area contributed by atoms with Crippen LogP contribution in [0.15, 0.2) is 66.8 Å². The summed E-state index contributed by atoms with van der Waals surface area (Å²) in [7, 11) is 5.66. The smallest absolute Gasteiger partial charge is 0.753 e. The van der Waals surface area contributed by atoms with Crippen molar-refractivity contribution in [3.05, 3.63) is 94.6 Å². The molecule has 1 aliphatic heterocycles. The number of benzene rings is 1. The van der Waals surface area contributed by atoms with Crippen LogP contribution >= 0.6 is 12.2 Å². The van der Waals surface area contributed by atoms with Gasteiger partial charge in [0.15, 0.2) is 18.6 Å². The summed E-state index contributed by atoms with van der Waals surface area (Å²) in [6, 6.07) is 7.87. The average Bonchev–Trinajstić information content (AvgIpc) is 3.07. The van der Waals surface area contributed by atoms with E-state index >= 15 is 0 Å². The van der Waals surface area contributed by atoms with E-state index in [1.807, 2.05) is 43.2 Å². The number of nitrogens with zero attached hydrogens (tertiary/aromatic N) is 6. The first-order chi connectivity index (χ1) is 23.5. The van der Waals surface area contributed by atoms with E-state index in [0.717, 1.165) is 11.3 Å². The Morgan fingerprint density at radius 1 is 1.00 bits per heavy atom. The molecule has 1 aliphatic carbocycles. The van der Waals surface area contributed by atoms with Gasteiger partial charge < -0.3 is 37.7 Å². The van der Waals surface area contributed by atoms with E-state index < -0.39 is 11.9 Å². The zero-order valence-electron chi connectivity index (χ0n) is 26.4. The summed E-state index contributed by atoms with van der Waals surface area (Å²) in [6.45, 7) is 0.865. The van der Waals surface area contributed by atoms with Gasteiger partial charge in [-0.05, 0) is 18.2 Å². The number of thiocyanates is 1. The number of carboxylic acids is 2. The topological polar surface area (TPSA) is 197 Å². The molecule has 1 aromatic carbocycles. The summed E-state index contributed by atoms with van der Waals surface area (Å²) in [6.07, 6.45) is 12.4. The molecule has 4 heterocycles. The van der Waals surface area contributed by atoms with Crippen molar-refractivity contribution in [2.24, 2.45) is 20.0 Å². The number of nitriles is 1. The molecule has 0 radical (unpaired) electrons. The van der Waals surface area contributed by atoms with E-state index in [-0.39, 0.29) is 42.6 Å². The summed E-state index contributed by atoms with van der Waals surface area (Å²) >= 11 is 7.40. The number of isothiocyanates is 1. The van der Waals surface area contributed by atoms with Gasteiger partial charge in [0.2, 0.25) is 11.6 Å². The fourth-order valence-electron chi connectivity index (χ4n) is 5.60. The zero-order chi connectivity index (χ0) is 36.2. The number of carboxylic acid groups (broad SMARTS) is 2. The maximum Gasteiger partial charge on any atom is 2.00 e. The summed E-state index contributed by atoms with van der Waals surface area (Å²) in [5.74, 6) is -1.04.